The smallest absolute Gasteiger partial charge is 0.110 e. The fourth-order valence-corrected chi connectivity index (χ4v) is 2.44. The highest BCUT2D eigenvalue weighted by Crippen LogP contribution is 2.49. The summed E-state index contributed by atoms with van der Waals surface area (Å²) < 4.78 is 11.0. The van der Waals surface area contributed by atoms with Crippen LogP contribution in [0.15, 0.2) is 0 Å². The summed E-state index contributed by atoms with van der Waals surface area (Å²) in [5.41, 5.74) is 0.199. The molecule has 1 aliphatic carbocycles. The van der Waals surface area contributed by atoms with Crippen LogP contribution < -0.4 is 0 Å². The van der Waals surface area contributed by atoms with Gasteiger partial charge in [-0.1, -0.05) is 0 Å². The lowest BCUT2D eigenvalue weighted by Crippen LogP contribution is -2.33. The summed E-state index contributed by atoms with van der Waals surface area (Å²) in [6.07, 6.45) is 4.37. The molecule has 2 bridgehead atoms. The number of hydrogen-bond donors (Lipinski definition) is 0. The third kappa shape index (κ3) is 0.565. The summed E-state index contributed by atoms with van der Waals surface area (Å²) in [6.45, 7) is 1.95. The first-order valence-electron chi connectivity index (χ1n) is 4.15. The van der Waals surface area contributed by atoms with Gasteiger partial charge in [0.25, 0.3) is 0 Å². The Labute approximate surface area is 60.5 Å². The van der Waals surface area contributed by atoms with Crippen molar-refractivity contribution in [1.29, 1.82) is 0 Å². The van der Waals surface area contributed by atoms with Crippen LogP contribution in [0.2, 0.25) is 0 Å². The minimum atomic E-state index is 0.199. The molecule has 0 N–H and O–H groups in total. The van der Waals surface area contributed by atoms with Gasteiger partial charge in [-0.2, -0.15) is 0 Å². The average molecular weight is 140 g/mol. The van der Waals surface area contributed by atoms with Gasteiger partial charge in [0.15, 0.2) is 0 Å². The van der Waals surface area contributed by atoms with Gasteiger partial charge >= 0.3 is 0 Å². The Kier molecular flexibility index (Phi) is 0.868. The van der Waals surface area contributed by atoms with Crippen LogP contribution >= 0.6 is 0 Å². The standard InChI is InChI=1S/C8H12O2/c1-2-8(7-5-9-7)3-6(1)4-10-8/h6-7H,1-5H2. The fraction of sp³-hybridized carbons (Fsp3) is 1.00. The van der Waals surface area contributed by atoms with E-state index in [-0.39, 0.29) is 5.60 Å². The summed E-state index contributed by atoms with van der Waals surface area (Å²) in [7, 11) is 0. The zero-order valence-electron chi connectivity index (χ0n) is 6.01. The van der Waals surface area contributed by atoms with Gasteiger partial charge in [0.05, 0.1) is 18.8 Å². The number of ether oxygens (including phenoxy) is 2. The van der Waals surface area contributed by atoms with Gasteiger partial charge < -0.3 is 9.47 Å². The molecule has 2 aliphatic heterocycles. The second-order valence-electron chi connectivity index (χ2n) is 3.81. The van der Waals surface area contributed by atoms with Crippen molar-refractivity contribution in [2.24, 2.45) is 5.92 Å². The summed E-state index contributed by atoms with van der Waals surface area (Å²) in [5, 5.41) is 0. The highest BCUT2D eigenvalue weighted by atomic mass is 16.6. The number of epoxide rings is 1. The Morgan fingerprint density at radius 3 is 2.60 bits per heavy atom. The molecule has 2 saturated heterocycles. The van der Waals surface area contributed by atoms with Gasteiger partial charge in [-0.25, -0.2) is 0 Å². The molecule has 3 aliphatic rings. The van der Waals surface area contributed by atoms with Crippen LogP contribution in [0.5, 0.6) is 0 Å². The van der Waals surface area contributed by atoms with Crippen LogP contribution in [0.1, 0.15) is 19.3 Å². The van der Waals surface area contributed by atoms with E-state index in [0.717, 1.165) is 19.1 Å². The van der Waals surface area contributed by atoms with E-state index in [9.17, 15) is 0 Å². The Morgan fingerprint density at radius 1 is 1.30 bits per heavy atom. The van der Waals surface area contributed by atoms with Gasteiger partial charge in [-0.3, -0.25) is 0 Å². The first kappa shape index (κ1) is 5.56. The third-order valence-electron chi connectivity index (χ3n) is 3.14. The van der Waals surface area contributed by atoms with Crippen molar-refractivity contribution in [3.8, 4) is 0 Å². The molecule has 56 valence electrons. The van der Waals surface area contributed by atoms with E-state index in [1.807, 2.05) is 0 Å². The lowest BCUT2D eigenvalue weighted by Gasteiger charge is -2.23. The summed E-state index contributed by atoms with van der Waals surface area (Å²) in [5.74, 6) is 0.865. The van der Waals surface area contributed by atoms with E-state index >= 15 is 0 Å². The van der Waals surface area contributed by atoms with E-state index in [1.54, 1.807) is 0 Å². The number of fused-ring (bicyclic) bond motifs is 2. The van der Waals surface area contributed by atoms with Gasteiger partial charge in [-0.05, 0) is 25.2 Å². The first-order valence-corrected chi connectivity index (χ1v) is 4.15. The molecule has 2 nitrogen and oxygen atoms in total. The van der Waals surface area contributed by atoms with Crippen LogP contribution in [0.25, 0.3) is 0 Å². The maximum Gasteiger partial charge on any atom is 0.110 e. The molecule has 0 aromatic heterocycles. The minimum absolute atomic E-state index is 0.199. The third-order valence-corrected chi connectivity index (χ3v) is 3.14. The Morgan fingerprint density at radius 2 is 2.20 bits per heavy atom. The molecule has 0 aromatic rings. The van der Waals surface area contributed by atoms with Crippen molar-refractivity contribution < 1.29 is 9.47 Å². The van der Waals surface area contributed by atoms with Crippen molar-refractivity contribution >= 4 is 0 Å². The topological polar surface area (TPSA) is 21.8 Å². The summed E-state index contributed by atoms with van der Waals surface area (Å²) in [4.78, 5) is 0. The zero-order chi connectivity index (χ0) is 6.60. The fourth-order valence-electron chi connectivity index (χ4n) is 2.44. The SMILES string of the molecule is C1CC2(C3CO3)CC1CO2. The molecular weight excluding hydrogens is 128 g/mol. The molecule has 0 spiro atoms. The molecule has 3 rings (SSSR count). The van der Waals surface area contributed by atoms with E-state index in [0.29, 0.717) is 6.10 Å². The molecule has 0 radical (unpaired) electrons. The first-order chi connectivity index (χ1) is 4.89. The van der Waals surface area contributed by atoms with Crippen LogP contribution in [0.3, 0.4) is 0 Å². The molecule has 10 heavy (non-hydrogen) atoms. The van der Waals surface area contributed by atoms with Crippen LogP contribution in [-0.2, 0) is 9.47 Å². The lowest BCUT2D eigenvalue weighted by molar-refractivity contribution is -0.0355. The van der Waals surface area contributed by atoms with Gasteiger partial charge in [0.1, 0.15) is 6.10 Å². The van der Waals surface area contributed by atoms with E-state index in [1.165, 1.54) is 19.3 Å². The second-order valence-corrected chi connectivity index (χ2v) is 3.81. The van der Waals surface area contributed by atoms with E-state index in [2.05, 4.69) is 0 Å². The molecule has 2 heterocycles. The second kappa shape index (κ2) is 1.56. The summed E-state index contributed by atoms with van der Waals surface area (Å²) in [6, 6.07) is 0. The summed E-state index contributed by atoms with van der Waals surface area (Å²) >= 11 is 0. The van der Waals surface area contributed by atoms with Crippen molar-refractivity contribution in [2.75, 3.05) is 13.2 Å². The predicted molar refractivity (Wildman–Crippen MR) is 35.8 cm³/mol. The molecule has 3 fully saturated rings. The lowest BCUT2D eigenvalue weighted by atomic mass is 9.99. The largest absolute Gasteiger partial charge is 0.372 e. The number of rotatable bonds is 1. The van der Waals surface area contributed by atoms with Gasteiger partial charge in [0.2, 0.25) is 0 Å². The van der Waals surface area contributed by atoms with Crippen molar-refractivity contribution in [3.63, 3.8) is 0 Å². The maximum atomic E-state index is 5.74. The van der Waals surface area contributed by atoms with Crippen LogP contribution in [0, 0.1) is 5.92 Å². The Bertz CT molecular complexity index is 155. The van der Waals surface area contributed by atoms with Gasteiger partial charge in [0, 0.05) is 0 Å². The monoisotopic (exact) mass is 140 g/mol. The minimum Gasteiger partial charge on any atom is -0.372 e. The molecular formula is C8H12O2. The average Bonchev–Trinajstić information content (AvgIpc) is 2.66. The van der Waals surface area contributed by atoms with Crippen molar-refractivity contribution in [1.82, 2.24) is 0 Å². The van der Waals surface area contributed by atoms with E-state index in [4.69, 9.17) is 9.47 Å². The quantitative estimate of drug-likeness (QED) is 0.506. The normalized spacial score (nSPS) is 57.6. The highest BCUT2D eigenvalue weighted by molar-refractivity contribution is 5.05. The van der Waals surface area contributed by atoms with E-state index < -0.39 is 0 Å². The Balaban J connectivity index is 1.89. The molecule has 1 saturated carbocycles. The van der Waals surface area contributed by atoms with Crippen LogP contribution in [-0.4, -0.2) is 24.9 Å². The van der Waals surface area contributed by atoms with Crippen molar-refractivity contribution in [2.45, 2.75) is 31.0 Å². The zero-order valence-corrected chi connectivity index (χ0v) is 6.01. The number of hydrogen-bond acceptors (Lipinski definition) is 2. The van der Waals surface area contributed by atoms with Crippen LogP contribution in [0.4, 0.5) is 0 Å². The van der Waals surface area contributed by atoms with Gasteiger partial charge in [-0.15, -0.1) is 0 Å². The Hall–Kier alpha value is -0.0800. The molecule has 2 heteroatoms. The molecule has 0 aromatic carbocycles. The highest BCUT2D eigenvalue weighted by Gasteiger charge is 2.56. The molecule has 0 amide bonds. The van der Waals surface area contributed by atoms with Crippen molar-refractivity contribution in [3.05, 3.63) is 0 Å². The maximum absolute atomic E-state index is 5.74. The molecule has 3 unspecified atom stereocenters. The molecule has 3 atom stereocenters. The predicted octanol–water partition coefficient (Wildman–Crippen LogP) is 0.954.